The summed E-state index contributed by atoms with van der Waals surface area (Å²) in [5.41, 5.74) is 2.36. The van der Waals surface area contributed by atoms with Gasteiger partial charge in [0.1, 0.15) is 6.20 Å². The molecule has 2 heterocycles. The average Bonchev–Trinajstić information content (AvgIpc) is 2.36. The monoisotopic (exact) mass is 131 g/mol. The Bertz CT molecular complexity index is 349. The van der Waals surface area contributed by atoms with Crippen LogP contribution in [0.15, 0.2) is 24.4 Å². The van der Waals surface area contributed by atoms with Gasteiger partial charge in [-0.15, -0.1) is 0 Å². The number of nitrogens with zero attached hydrogens (tertiary/aromatic N) is 2. The molecule has 0 aromatic carbocycles. The molecule has 0 aliphatic heterocycles. The van der Waals surface area contributed by atoms with E-state index in [0.717, 1.165) is 5.52 Å². The summed E-state index contributed by atoms with van der Waals surface area (Å²) in [5, 5.41) is 3.97. The summed E-state index contributed by atoms with van der Waals surface area (Å²) in [6.45, 7) is 2.06. The van der Waals surface area contributed by atoms with Gasteiger partial charge < -0.3 is 0 Å². The van der Waals surface area contributed by atoms with E-state index in [1.165, 1.54) is 5.56 Å². The van der Waals surface area contributed by atoms with Crippen LogP contribution in [0.2, 0.25) is 0 Å². The molecule has 2 aromatic heterocycles. The maximum atomic E-state index is 3.97. The highest BCUT2D eigenvalue weighted by atomic mass is 15.2. The SMILES string of the molecule is Cc1cccn2n[c]cc12. The van der Waals surface area contributed by atoms with E-state index in [1.54, 1.807) is 0 Å². The molecule has 0 fully saturated rings. The van der Waals surface area contributed by atoms with Crippen LogP contribution in [0, 0.1) is 13.1 Å². The molecule has 0 unspecified atom stereocenters. The molecule has 2 nitrogen and oxygen atoms in total. The van der Waals surface area contributed by atoms with Gasteiger partial charge in [0.05, 0.1) is 5.52 Å². The van der Waals surface area contributed by atoms with Crippen molar-refractivity contribution in [3.63, 3.8) is 0 Å². The van der Waals surface area contributed by atoms with Crippen molar-refractivity contribution in [1.29, 1.82) is 0 Å². The molecular weight excluding hydrogens is 124 g/mol. The fourth-order valence-electron chi connectivity index (χ4n) is 1.03. The highest BCUT2D eigenvalue weighted by molar-refractivity contribution is 5.52. The van der Waals surface area contributed by atoms with Crippen molar-refractivity contribution in [1.82, 2.24) is 9.61 Å². The topological polar surface area (TPSA) is 17.3 Å². The fraction of sp³-hybridized carbons (Fsp3) is 0.125. The molecule has 0 aliphatic rings. The van der Waals surface area contributed by atoms with Gasteiger partial charge >= 0.3 is 0 Å². The lowest BCUT2D eigenvalue weighted by Crippen LogP contribution is -1.86. The predicted octanol–water partition coefficient (Wildman–Crippen LogP) is 1.44. The van der Waals surface area contributed by atoms with Crippen molar-refractivity contribution >= 4 is 5.52 Å². The first-order chi connectivity index (χ1) is 4.88. The second-order valence-electron chi connectivity index (χ2n) is 2.29. The van der Waals surface area contributed by atoms with Crippen molar-refractivity contribution in [2.24, 2.45) is 0 Å². The van der Waals surface area contributed by atoms with Crippen LogP contribution >= 0.6 is 0 Å². The molecule has 0 aliphatic carbocycles. The maximum Gasteiger partial charge on any atom is 0.114 e. The van der Waals surface area contributed by atoms with E-state index in [1.807, 2.05) is 22.8 Å². The first-order valence-corrected chi connectivity index (χ1v) is 3.19. The van der Waals surface area contributed by atoms with Crippen LogP contribution in [0.3, 0.4) is 0 Å². The third kappa shape index (κ3) is 0.620. The highest BCUT2D eigenvalue weighted by Crippen LogP contribution is 2.06. The number of rotatable bonds is 0. The molecule has 0 N–H and O–H groups in total. The minimum absolute atomic E-state index is 1.13. The Kier molecular flexibility index (Phi) is 1.01. The number of pyridine rings is 1. The summed E-state index contributed by atoms with van der Waals surface area (Å²) in [7, 11) is 0. The molecule has 49 valence electrons. The average molecular weight is 131 g/mol. The fourth-order valence-corrected chi connectivity index (χ4v) is 1.03. The molecule has 2 aromatic rings. The zero-order chi connectivity index (χ0) is 6.97. The maximum absolute atomic E-state index is 3.97. The van der Waals surface area contributed by atoms with Crippen LogP contribution in [0.5, 0.6) is 0 Å². The Morgan fingerprint density at radius 2 is 2.50 bits per heavy atom. The second kappa shape index (κ2) is 1.84. The number of fused-ring (bicyclic) bond motifs is 1. The first-order valence-electron chi connectivity index (χ1n) is 3.19. The third-order valence-electron chi connectivity index (χ3n) is 1.59. The summed E-state index contributed by atoms with van der Waals surface area (Å²) in [6.07, 6.45) is 4.71. The van der Waals surface area contributed by atoms with Gasteiger partial charge in [-0.25, -0.2) is 4.52 Å². The van der Waals surface area contributed by atoms with E-state index in [9.17, 15) is 0 Å². The minimum Gasteiger partial charge on any atom is -0.240 e. The van der Waals surface area contributed by atoms with Crippen LogP contribution in [0.1, 0.15) is 5.56 Å². The van der Waals surface area contributed by atoms with E-state index in [2.05, 4.69) is 24.3 Å². The van der Waals surface area contributed by atoms with Crippen molar-refractivity contribution in [3.05, 3.63) is 36.2 Å². The van der Waals surface area contributed by atoms with E-state index in [4.69, 9.17) is 0 Å². The van der Waals surface area contributed by atoms with Gasteiger partial charge in [0, 0.05) is 6.20 Å². The van der Waals surface area contributed by atoms with Crippen molar-refractivity contribution in [2.75, 3.05) is 0 Å². The summed E-state index contributed by atoms with van der Waals surface area (Å²) < 4.78 is 1.81. The summed E-state index contributed by atoms with van der Waals surface area (Å²) in [5.74, 6) is 0. The molecule has 2 heteroatoms. The van der Waals surface area contributed by atoms with Crippen LogP contribution < -0.4 is 0 Å². The van der Waals surface area contributed by atoms with Gasteiger partial charge in [0.15, 0.2) is 0 Å². The number of aromatic nitrogens is 2. The standard InChI is InChI=1S/C8H7N2/c1-7-3-2-6-10-8(7)4-5-9-10/h2-4,6H,1H3. The predicted molar refractivity (Wildman–Crippen MR) is 38.8 cm³/mol. The zero-order valence-electron chi connectivity index (χ0n) is 5.70. The Hall–Kier alpha value is -1.31. The van der Waals surface area contributed by atoms with E-state index < -0.39 is 0 Å². The van der Waals surface area contributed by atoms with Gasteiger partial charge in [0.25, 0.3) is 0 Å². The summed E-state index contributed by atoms with van der Waals surface area (Å²) >= 11 is 0. The van der Waals surface area contributed by atoms with Gasteiger partial charge in [0.2, 0.25) is 0 Å². The Morgan fingerprint density at radius 3 is 3.30 bits per heavy atom. The van der Waals surface area contributed by atoms with Crippen molar-refractivity contribution < 1.29 is 0 Å². The lowest BCUT2D eigenvalue weighted by Gasteiger charge is -1.93. The van der Waals surface area contributed by atoms with Gasteiger partial charge in [-0.05, 0) is 24.6 Å². The minimum atomic E-state index is 1.13. The molecule has 0 bridgehead atoms. The van der Waals surface area contributed by atoms with Gasteiger partial charge in [-0.2, -0.15) is 5.10 Å². The molecule has 10 heavy (non-hydrogen) atoms. The van der Waals surface area contributed by atoms with Crippen molar-refractivity contribution in [2.45, 2.75) is 6.92 Å². The Labute approximate surface area is 59.1 Å². The van der Waals surface area contributed by atoms with Gasteiger partial charge in [-0.3, -0.25) is 0 Å². The number of aryl methyl sites for hydroxylation is 1. The lowest BCUT2D eigenvalue weighted by molar-refractivity contribution is 0.951. The smallest absolute Gasteiger partial charge is 0.114 e. The van der Waals surface area contributed by atoms with Crippen LogP contribution in [-0.2, 0) is 0 Å². The Balaban J connectivity index is 2.95. The zero-order valence-corrected chi connectivity index (χ0v) is 5.70. The molecule has 1 radical (unpaired) electrons. The largest absolute Gasteiger partial charge is 0.240 e. The highest BCUT2D eigenvalue weighted by Gasteiger charge is 1.93. The van der Waals surface area contributed by atoms with Crippen LogP contribution in [0.4, 0.5) is 0 Å². The van der Waals surface area contributed by atoms with Crippen molar-refractivity contribution in [3.8, 4) is 0 Å². The van der Waals surface area contributed by atoms with Crippen LogP contribution in [-0.4, -0.2) is 9.61 Å². The normalized spacial score (nSPS) is 10.5. The molecule has 0 spiro atoms. The molecule has 0 saturated heterocycles. The Morgan fingerprint density at radius 1 is 1.60 bits per heavy atom. The second-order valence-corrected chi connectivity index (χ2v) is 2.29. The summed E-state index contributed by atoms with van der Waals surface area (Å²) in [4.78, 5) is 0. The quantitative estimate of drug-likeness (QED) is 0.529. The summed E-state index contributed by atoms with van der Waals surface area (Å²) in [6, 6.07) is 5.92. The molecule has 0 saturated carbocycles. The number of hydrogen-bond donors (Lipinski definition) is 0. The van der Waals surface area contributed by atoms with E-state index >= 15 is 0 Å². The molecular formula is C8H7N2. The van der Waals surface area contributed by atoms with E-state index in [0.29, 0.717) is 0 Å². The lowest BCUT2D eigenvalue weighted by atomic mass is 10.2. The van der Waals surface area contributed by atoms with Crippen LogP contribution in [0.25, 0.3) is 5.52 Å². The third-order valence-corrected chi connectivity index (χ3v) is 1.59. The first kappa shape index (κ1) is 5.47. The van der Waals surface area contributed by atoms with E-state index in [-0.39, 0.29) is 0 Å². The number of hydrogen-bond acceptors (Lipinski definition) is 1. The van der Waals surface area contributed by atoms with Gasteiger partial charge in [-0.1, -0.05) is 6.07 Å². The molecule has 2 rings (SSSR count). The molecule has 0 amide bonds. The molecule has 0 atom stereocenters.